The van der Waals surface area contributed by atoms with E-state index in [0.717, 1.165) is 17.8 Å². The molecule has 1 N–H and O–H groups in total. The molecule has 0 amide bonds. The zero-order valence-corrected chi connectivity index (χ0v) is 12.0. The number of rotatable bonds is 8. The molecular weight excluding hydrogens is 220 g/mol. The number of hydrogen-bond donors (Lipinski definition) is 1. The summed E-state index contributed by atoms with van der Waals surface area (Å²) in [5.74, 6) is 0. The van der Waals surface area contributed by atoms with Gasteiger partial charge in [-0.15, -0.1) is 6.58 Å². The van der Waals surface area contributed by atoms with E-state index in [1.54, 1.807) is 0 Å². The molecule has 0 aliphatic heterocycles. The van der Waals surface area contributed by atoms with Crippen molar-refractivity contribution in [2.45, 2.75) is 52.0 Å². The molecule has 1 rings (SSSR count). The van der Waals surface area contributed by atoms with Crippen LogP contribution in [0.3, 0.4) is 0 Å². The molecule has 1 aromatic heterocycles. The lowest BCUT2D eigenvalue weighted by atomic mass is 9.99. The van der Waals surface area contributed by atoms with E-state index in [1.165, 1.54) is 31.2 Å². The molecule has 1 atom stereocenters. The highest BCUT2D eigenvalue weighted by atomic mass is 14.9. The minimum Gasteiger partial charge on any atom is -0.313 e. The zero-order valence-electron chi connectivity index (χ0n) is 12.0. The molecule has 0 radical (unpaired) electrons. The highest BCUT2D eigenvalue weighted by molar-refractivity contribution is 5.23. The SMILES string of the molecule is C=CCCCCCC(NC)c1cc(C)nc(C)c1. The van der Waals surface area contributed by atoms with Gasteiger partial charge in [0.25, 0.3) is 0 Å². The zero-order chi connectivity index (χ0) is 13.4. The highest BCUT2D eigenvalue weighted by Gasteiger charge is 2.09. The maximum Gasteiger partial charge on any atom is 0.0379 e. The van der Waals surface area contributed by atoms with Gasteiger partial charge in [0, 0.05) is 17.4 Å². The van der Waals surface area contributed by atoms with Gasteiger partial charge in [-0.05, 0) is 57.9 Å². The van der Waals surface area contributed by atoms with Crippen LogP contribution in [0.25, 0.3) is 0 Å². The monoisotopic (exact) mass is 246 g/mol. The Labute approximate surface area is 112 Å². The molecule has 1 heterocycles. The molecule has 0 fully saturated rings. The van der Waals surface area contributed by atoms with Crippen LogP contribution in [0.2, 0.25) is 0 Å². The van der Waals surface area contributed by atoms with Crippen molar-refractivity contribution in [1.82, 2.24) is 10.3 Å². The van der Waals surface area contributed by atoms with Crippen molar-refractivity contribution in [2.24, 2.45) is 0 Å². The lowest BCUT2D eigenvalue weighted by Crippen LogP contribution is -2.16. The Morgan fingerprint density at radius 3 is 2.44 bits per heavy atom. The van der Waals surface area contributed by atoms with Gasteiger partial charge in [0.1, 0.15) is 0 Å². The van der Waals surface area contributed by atoms with Gasteiger partial charge in [0.05, 0.1) is 0 Å². The summed E-state index contributed by atoms with van der Waals surface area (Å²) in [6.45, 7) is 7.88. The number of aryl methyl sites for hydroxylation is 2. The van der Waals surface area contributed by atoms with Crippen LogP contribution in [0.1, 0.15) is 55.1 Å². The fourth-order valence-corrected chi connectivity index (χ4v) is 2.36. The Balaban J connectivity index is 2.51. The minimum absolute atomic E-state index is 0.453. The quantitative estimate of drug-likeness (QED) is 0.552. The third-order valence-corrected chi connectivity index (χ3v) is 3.26. The molecule has 1 unspecified atom stereocenters. The Hall–Kier alpha value is -1.15. The van der Waals surface area contributed by atoms with E-state index in [-0.39, 0.29) is 0 Å². The van der Waals surface area contributed by atoms with Crippen molar-refractivity contribution in [3.63, 3.8) is 0 Å². The number of aromatic nitrogens is 1. The summed E-state index contributed by atoms with van der Waals surface area (Å²) in [6, 6.07) is 4.84. The molecule has 0 spiro atoms. The summed E-state index contributed by atoms with van der Waals surface area (Å²) < 4.78 is 0. The molecule has 0 saturated carbocycles. The standard InChI is InChI=1S/C16H26N2/c1-5-6-7-8-9-10-16(17-4)15-11-13(2)18-14(3)12-15/h5,11-12,16-17H,1,6-10H2,2-4H3. The van der Waals surface area contributed by atoms with Crippen LogP contribution in [0.15, 0.2) is 24.8 Å². The van der Waals surface area contributed by atoms with E-state index in [4.69, 9.17) is 0 Å². The Kier molecular flexibility index (Phi) is 6.66. The smallest absolute Gasteiger partial charge is 0.0379 e. The lowest BCUT2D eigenvalue weighted by Gasteiger charge is -2.17. The van der Waals surface area contributed by atoms with Crippen molar-refractivity contribution in [3.05, 3.63) is 41.7 Å². The largest absolute Gasteiger partial charge is 0.313 e. The van der Waals surface area contributed by atoms with E-state index in [0.29, 0.717) is 6.04 Å². The van der Waals surface area contributed by atoms with Gasteiger partial charge in [0.15, 0.2) is 0 Å². The maximum atomic E-state index is 4.43. The number of unbranched alkanes of at least 4 members (excludes halogenated alkanes) is 3. The van der Waals surface area contributed by atoms with Gasteiger partial charge in [-0.3, -0.25) is 4.98 Å². The number of allylic oxidation sites excluding steroid dienone is 1. The first-order valence-electron chi connectivity index (χ1n) is 6.90. The molecule has 0 saturated heterocycles. The number of pyridine rings is 1. The molecule has 0 bridgehead atoms. The summed E-state index contributed by atoms with van der Waals surface area (Å²) in [4.78, 5) is 4.43. The summed E-state index contributed by atoms with van der Waals surface area (Å²) in [6.07, 6.45) is 8.14. The predicted molar refractivity (Wildman–Crippen MR) is 78.8 cm³/mol. The first kappa shape index (κ1) is 14.9. The summed E-state index contributed by atoms with van der Waals surface area (Å²) in [5.41, 5.74) is 3.58. The summed E-state index contributed by atoms with van der Waals surface area (Å²) in [7, 11) is 2.04. The van der Waals surface area contributed by atoms with Crippen molar-refractivity contribution in [1.29, 1.82) is 0 Å². The van der Waals surface area contributed by atoms with Crippen molar-refractivity contribution in [2.75, 3.05) is 7.05 Å². The van der Waals surface area contributed by atoms with Crippen molar-refractivity contribution >= 4 is 0 Å². The number of hydrogen-bond acceptors (Lipinski definition) is 2. The van der Waals surface area contributed by atoms with Gasteiger partial charge in [-0.25, -0.2) is 0 Å². The first-order valence-corrected chi connectivity index (χ1v) is 6.90. The van der Waals surface area contributed by atoms with E-state index in [9.17, 15) is 0 Å². The summed E-state index contributed by atoms with van der Waals surface area (Å²) >= 11 is 0. The molecule has 18 heavy (non-hydrogen) atoms. The van der Waals surface area contributed by atoms with Crippen LogP contribution in [-0.4, -0.2) is 12.0 Å². The van der Waals surface area contributed by atoms with Crippen LogP contribution < -0.4 is 5.32 Å². The molecule has 0 aliphatic carbocycles. The molecule has 0 aliphatic rings. The van der Waals surface area contributed by atoms with Crippen LogP contribution in [0.5, 0.6) is 0 Å². The first-order chi connectivity index (χ1) is 8.67. The Morgan fingerprint density at radius 2 is 1.89 bits per heavy atom. The van der Waals surface area contributed by atoms with Gasteiger partial charge in [-0.2, -0.15) is 0 Å². The number of nitrogens with one attached hydrogen (secondary N) is 1. The van der Waals surface area contributed by atoms with E-state index in [1.807, 2.05) is 13.1 Å². The van der Waals surface area contributed by atoms with Gasteiger partial charge < -0.3 is 5.32 Å². The Bertz CT molecular complexity index is 351. The van der Waals surface area contributed by atoms with Crippen LogP contribution in [0.4, 0.5) is 0 Å². The van der Waals surface area contributed by atoms with E-state index < -0.39 is 0 Å². The van der Waals surface area contributed by atoms with Gasteiger partial charge in [0.2, 0.25) is 0 Å². The van der Waals surface area contributed by atoms with Crippen LogP contribution >= 0.6 is 0 Å². The average Bonchev–Trinajstić information content (AvgIpc) is 2.32. The minimum atomic E-state index is 0.453. The molecule has 100 valence electrons. The molecular formula is C16H26N2. The fraction of sp³-hybridized carbons (Fsp3) is 0.562. The molecule has 1 aromatic rings. The Morgan fingerprint density at radius 1 is 1.22 bits per heavy atom. The second-order valence-electron chi connectivity index (χ2n) is 4.95. The molecule has 0 aromatic carbocycles. The van der Waals surface area contributed by atoms with Crippen LogP contribution in [0, 0.1) is 13.8 Å². The van der Waals surface area contributed by atoms with E-state index >= 15 is 0 Å². The third-order valence-electron chi connectivity index (χ3n) is 3.26. The second kappa shape index (κ2) is 8.04. The fourth-order valence-electron chi connectivity index (χ4n) is 2.36. The van der Waals surface area contributed by atoms with Gasteiger partial charge in [-0.1, -0.05) is 18.9 Å². The topological polar surface area (TPSA) is 24.9 Å². The molecule has 2 heteroatoms. The number of nitrogens with zero attached hydrogens (tertiary/aromatic N) is 1. The third kappa shape index (κ3) is 5.01. The van der Waals surface area contributed by atoms with Crippen molar-refractivity contribution in [3.8, 4) is 0 Å². The highest BCUT2D eigenvalue weighted by Crippen LogP contribution is 2.21. The summed E-state index contributed by atoms with van der Waals surface area (Å²) in [5, 5.41) is 3.42. The van der Waals surface area contributed by atoms with Crippen LogP contribution in [-0.2, 0) is 0 Å². The van der Waals surface area contributed by atoms with Gasteiger partial charge >= 0.3 is 0 Å². The normalized spacial score (nSPS) is 12.4. The maximum absolute atomic E-state index is 4.43. The molecule has 2 nitrogen and oxygen atoms in total. The predicted octanol–water partition coefficient (Wildman–Crippen LogP) is 4.10. The second-order valence-corrected chi connectivity index (χ2v) is 4.95. The lowest BCUT2D eigenvalue weighted by molar-refractivity contribution is 0.507. The van der Waals surface area contributed by atoms with E-state index in [2.05, 4.69) is 42.9 Å². The van der Waals surface area contributed by atoms with Crippen molar-refractivity contribution < 1.29 is 0 Å². The average molecular weight is 246 g/mol.